The molecule has 2 amide bonds. The monoisotopic (exact) mass is 586 g/mol. The molecule has 0 saturated heterocycles. The third-order valence-corrected chi connectivity index (χ3v) is 8.49. The quantitative estimate of drug-likeness (QED) is 0.238. The Labute approximate surface area is 251 Å². The van der Waals surface area contributed by atoms with Gasteiger partial charge in [-0.2, -0.15) is 0 Å². The number of carbonyl (C=O) groups is 2. The van der Waals surface area contributed by atoms with Crippen molar-refractivity contribution in [1.82, 2.24) is 20.2 Å². The van der Waals surface area contributed by atoms with Crippen LogP contribution < -0.4 is 10.1 Å². The zero-order valence-corrected chi connectivity index (χ0v) is 26.1. The summed E-state index contributed by atoms with van der Waals surface area (Å²) in [5.74, 6) is 0.419. The molecule has 1 aliphatic rings. The molecule has 5 rings (SSSR count). The van der Waals surface area contributed by atoms with E-state index in [1.165, 1.54) is 4.90 Å². The molecule has 2 heterocycles. The largest absolute Gasteiger partial charge is 0.491 e. The van der Waals surface area contributed by atoms with Crippen molar-refractivity contribution in [3.63, 3.8) is 0 Å². The van der Waals surface area contributed by atoms with Crippen molar-refractivity contribution >= 4 is 34.2 Å². The lowest BCUT2D eigenvalue weighted by Gasteiger charge is -2.28. The summed E-state index contributed by atoms with van der Waals surface area (Å²) in [5.41, 5.74) is 3.40. The van der Waals surface area contributed by atoms with Crippen molar-refractivity contribution in [3.05, 3.63) is 76.6 Å². The molecule has 42 heavy (non-hydrogen) atoms. The zero-order chi connectivity index (χ0) is 30.2. The van der Waals surface area contributed by atoms with Crippen LogP contribution in [0.3, 0.4) is 0 Å². The molecule has 0 radical (unpaired) electrons. The second-order valence-corrected chi connectivity index (χ2v) is 13.3. The average Bonchev–Trinajstić information content (AvgIpc) is 3.59. The Morgan fingerprint density at radius 1 is 1.12 bits per heavy atom. The summed E-state index contributed by atoms with van der Waals surface area (Å²) in [6.45, 7) is 11.6. The summed E-state index contributed by atoms with van der Waals surface area (Å²) >= 11 is 1.65. The molecule has 8 nitrogen and oxygen atoms in total. The van der Waals surface area contributed by atoms with Crippen LogP contribution >= 0.6 is 11.3 Å². The number of amides is 2. The van der Waals surface area contributed by atoms with Crippen LogP contribution in [0.4, 0.5) is 4.79 Å². The summed E-state index contributed by atoms with van der Waals surface area (Å²) in [5, 5.41) is 5.40. The van der Waals surface area contributed by atoms with E-state index in [4.69, 9.17) is 9.47 Å². The normalized spacial score (nSPS) is 14.7. The maximum Gasteiger partial charge on any atom is 0.410 e. The number of hydrogen-bond donors (Lipinski definition) is 1. The molecule has 1 aliphatic carbocycles. The number of aryl methyl sites for hydroxylation is 2. The fraction of sp³-hybridized carbons (Fsp3) is 0.394. The lowest BCUT2D eigenvalue weighted by Crippen LogP contribution is -2.42. The molecule has 0 unspecified atom stereocenters. The summed E-state index contributed by atoms with van der Waals surface area (Å²) in [6, 6.07) is 13.6. The van der Waals surface area contributed by atoms with Gasteiger partial charge in [0.05, 0.1) is 27.0 Å². The van der Waals surface area contributed by atoms with Gasteiger partial charge in [-0.15, -0.1) is 11.3 Å². The molecule has 2 aromatic heterocycles. The number of hydrogen-bond acceptors (Lipinski definition) is 7. The van der Waals surface area contributed by atoms with E-state index in [0.29, 0.717) is 11.3 Å². The van der Waals surface area contributed by atoms with Gasteiger partial charge in [0.25, 0.3) is 5.91 Å². The van der Waals surface area contributed by atoms with Gasteiger partial charge in [-0.3, -0.25) is 9.78 Å². The third kappa shape index (κ3) is 6.41. The highest BCUT2D eigenvalue weighted by molar-refractivity contribution is 7.15. The van der Waals surface area contributed by atoms with E-state index in [1.54, 1.807) is 30.6 Å². The van der Waals surface area contributed by atoms with E-state index in [1.807, 2.05) is 65.9 Å². The Morgan fingerprint density at radius 2 is 1.88 bits per heavy atom. The van der Waals surface area contributed by atoms with E-state index in [2.05, 4.69) is 33.5 Å². The molecule has 0 aliphatic heterocycles. The van der Waals surface area contributed by atoms with E-state index in [0.717, 1.165) is 50.3 Å². The average molecular weight is 587 g/mol. The van der Waals surface area contributed by atoms with Gasteiger partial charge in [-0.05, 0) is 101 Å². The number of likely N-dealkylation sites (N-methyl/N-ethyl adjacent to an activating group) is 1. The number of fused-ring (bicyclic) bond motifs is 1. The number of carbonyl (C=O) groups excluding carboxylic acids is 2. The van der Waals surface area contributed by atoms with Crippen LogP contribution in [0.25, 0.3) is 21.3 Å². The first-order valence-electron chi connectivity index (χ1n) is 14.2. The molecule has 0 spiro atoms. The highest BCUT2D eigenvalue weighted by Crippen LogP contribution is 2.49. The van der Waals surface area contributed by atoms with Gasteiger partial charge in [0.1, 0.15) is 18.0 Å². The topological polar surface area (TPSA) is 93.7 Å². The van der Waals surface area contributed by atoms with Crippen molar-refractivity contribution in [2.24, 2.45) is 0 Å². The minimum Gasteiger partial charge on any atom is -0.491 e. The number of rotatable bonds is 8. The van der Waals surface area contributed by atoms with Crippen molar-refractivity contribution in [2.45, 2.75) is 71.6 Å². The van der Waals surface area contributed by atoms with E-state index >= 15 is 0 Å². The number of nitrogens with one attached hydrogen (secondary N) is 1. The summed E-state index contributed by atoms with van der Waals surface area (Å²) in [6.07, 6.45) is 4.98. The predicted octanol–water partition coefficient (Wildman–Crippen LogP) is 7.03. The number of benzene rings is 2. The number of ether oxygens (including phenoxy) is 2. The van der Waals surface area contributed by atoms with E-state index in [9.17, 15) is 9.59 Å². The van der Waals surface area contributed by atoms with Crippen LogP contribution in [0.2, 0.25) is 0 Å². The molecule has 1 atom stereocenters. The van der Waals surface area contributed by atoms with Gasteiger partial charge in [-0.1, -0.05) is 12.1 Å². The van der Waals surface area contributed by atoms with Crippen LogP contribution in [0.15, 0.2) is 54.9 Å². The van der Waals surface area contributed by atoms with Gasteiger partial charge >= 0.3 is 6.09 Å². The van der Waals surface area contributed by atoms with Crippen molar-refractivity contribution < 1.29 is 19.1 Å². The van der Waals surface area contributed by atoms with E-state index < -0.39 is 17.2 Å². The first-order chi connectivity index (χ1) is 19.8. The van der Waals surface area contributed by atoms with Gasteiger partial charge in [-0.25, -0.2) is 9.78 Å². The number of thiazole rings is 1. The molecule has 1 saturated carbocycles. The van der Waals surface area contributed by atoms with Gasteiger partial charge in [0, 0.05) is 30.4 Å². The Hall–Kier alpha value is -3.98. The fourth-order valence-corrected chi connectivity index (χ4v) is 5.63. The standard InChI is InChI=1S/C33H38N4O4S/c1-20-10-11-24(40-19-21(2)37(7)31(39)41-32(4,5)6)17-26(20)30(38)36-33(12-13-33)27-15-23(29-18-35-22(3)42-29)16-28-25(27)9-8-14-34-28/h8-11,14-18,21H,12-13,19H2,1-7H3,(H,36,38)/t21-/m0/s1. The molecule has 9 heteroatoms. The van der Waals surface area contributed by atoms with Crippen molar-refractivity contribution in [2.75, 3.05) is 13.7 Å². The van der Waals surface area contributed by atoms with Crippen molar-refractivity contribution in [1.29, 1.82) is 0 Å². The first kappa shape index (κ1) is 29.5. The fourth-order valence-electron chi connectivity index (χ4n) is 4.86. The molecule has 220 valence electrons. The van der Waals surface area contributed by atoms with Crippen LogP contribution in [-0.4, -0.2) is 52.2 Å². The van der Waals surface area contributed by atoms with E-state index in [-0.39, 0.29) is 18.6 Å². The summed E-state index contributed by atoms with van der Waals surface area (Å²) < 4.78 is 11.5. The molecular formula is C33H38N4O4S. The maximum absolute atomic E-state index is 13.7. The predicted molar refractivity (Wildman–Crippen MR) is 166 cm³/mol. The second-order valence-electron chi connectivity index (χ2n) is 12.1. The lowest BCUT2D eigenvalue weighted by atomic mass is 9.95. The highest BCUT2D eigenvalue weighted by Gasteiger charge is 2.47. The Morgan fingerprint density at radius 3 is 2.55 bits per heavy atom. The highest BCUT2D eigenvalue weighted by atomic mass is 32.1. The summed E-state index contributed by atoms with van der Waals surface area (Å²) in [4.78, 5) is 37.8. The maximum atomic E-state index is 13.7. The first-order valence-corrected chi connectivity index (χ1v) is 15.0. The molecule has 4 aromatic rings. The minimum atomic E-state index is -0.575. The van der Waals surface area contributed by atoms with Crippen LogP contribution in [0, 0.1) is 13.8 Å². The number of pyridine rings is 1. The Kier molecular flexibility index (Phi) is 7.98. The number of nitrogens with zero attached hydrogens (tertiary/aromatic N) is 3. The minimum absolute atomic E-state index is 0.148. The van der Waals surface area contributed by atoms with Crippen LogP contribution in [0.5, 0.6) is 5.75 Å². The number of aromatic nitrogens is 2. The third-order valence-electron chi connectivity index (χ3n) is 7.53. The molecule has 0 bridgehead atoms. The molecular weight excluding hydrogens is 548 g/mol. The Bertz CT molecular complexity index is 1640. The molecule has 1 fully saturated rings. The molecule has 2 aromatic carbocycles. The SMILES string of the molecule is Cc1ncc(-c2cc(C3(NC(=O)c4cc(OC[C@H](C)N(C)C(=O)OC(C)(C)C)ccc4C)CC3)c3cccnc3c2)s1. The van der Waals surface area contributed by atoms with Crippen molar-refractivity contribution in [3.8, 4) is 16.2 Å². The smallest absolute Gasteiger partial charge is 0.410 e. The lowest BCUT2D eigenvalue weighted by molar-refractivity contribution is 0.0195. The van der Waals surface area contributed by atoms with Gasteiger partial charge < -0.3 is 19.7 Å². The summed E-state index contributed by atoms with van der Waals surface area (Å²) in [7, 11) is 1.69. The molecule has 1 N–H and O–H groups in total. The zero-order valence-electron chi connectivity index (χ0n) is 25.3. The Balaban J connectivity index is 1.35. The van der Waals surface area contributed by atoms with Gasteiger partial charge in [0.2, 0.25) is 0 Å². The van der Waals surface area contributed by atoms with Crippen LogP contribution in [-0.2, 0) is 10.3 Å². The second kappa shape index (κ2) is 11.4. The van der Waals surface area contributed by atoms with Crippen LogP contribution in [0.1, 0.15) is 67.0 Å². The van der Waals surface area contributed by atoms with Gasteiger partial charge in [0.15, 0.2) is 0 Å².